The van der Waals surface area contributed by atoms with Crippen LogP contribution in [0.2, 0.25) is 0 Å². The zero-order chi connectivity index (χ0) is 6.20. The minimum atomic E-state index is -0.936. The van der Waals surface area contributed by atoms with Crippen molar-refractivity contribution in [2.24, 2.45) is 0 Å². The lowest BCUT2D eigenvalue weighted by molar-refractivity contribution is -0.0306. The van der Waals surface area contributed by atoms with E-state index in [0.717, 1.165) is 0 Å². The van der Waals surface area contributed by atoms with E-state index < -0.39 is 11.7 Å². The fourth-order valence-corrected chi connectivity index (χ4v) is 0.631. The molecule has 1 fully saturated rings. The molecular formula is C5H10O3. The van der Waals surface area contributed by atoms with Gasteiger partial charge in [0.1, 0.15) is 6.10 Å². The van der Waals surface area contributed by atoms with Gasteiger partial charge in [0.05, 0.1) is 12.2 Å². The summed E-state index contributed by atoms with van der Waals surface area (Å²) in [5.41, 5.74) is -0.936. The maximum atomic E-state index is 8.99. The standard InChI is InChI=1S/C5H10O3/c6-3-4(7)5(8)1-2-5/h4,6-8H,1-3H2. The molecule has 1 unspecified atom stereocenters. The number of rotatable bonds is 2. The Morgan fingerprint density at radius 1 is 1.50 bits per heavy atom. The molecule has 1 rings (SSSR count). The molecule has 0 aromatic heterocycles. The first-order chi connectivity index (χ1) is 3.69. The lowest BCUT2D eigenvalue weighted by atomic mass is 10.2. The summed E-state index contributed by atoms with van der Waals surface area (Å²) < 4.78 is 0. The Balaban J connectivity index is 2.34. The van der Waals surface area contributed by atoms with E-state index in [-0.39, 0.29) is 6.61 Å². The predicted molar refractivity (Wildman–Crippen MR) is 27.3 cm³/mol. The van der Waals surface area contributed by atoms with E-state index in [1.165, 1.54) is 0 Å². The van der Waals surface area contributed by atoms with Gasteiger partial charge in [0.25, 0.3) is 0 Å². The molecule has 1 saturated carbocycles. The van der Waals surface area contributed by atoms with Gasteiger partial charge in [-0.25, -0.2) is 0 Å². The summed E-state index contributed by atoms with van der Waals surface area (Å²) in [5, 5.41) is 26.0. The third-order valence-electron chi connectivity index (χ3n) is 1.56. The van der Waals surface area contributed by atoms with E-state index in [1.54, 1.807) is 0 Å². The van der Waals surface area contributed by atoms with E-state index in [2.05, 4.69) is 0 Å². The Kier molecular flexibility index (Phi) is 1.27. The van der Waals surface area contributed by atoms with Crippen LogP contribution in [0, 0.1) is 0 Å². The average molecular weight is 118 g/mol. The average Bonchev–Trinajstić information content (AvgIpc) is 2.47. The first-order valence-electron chi connectivity index (χ1n) is 2.70. The molecule has 0 spiro atoms. The summed E-state index contributed by atoms with van der Waals surface area (Å²) in [4.78, 5) is 0. The normalized spacial score (nSPS) is 27.4. The Hall–Kier alpha value is -0.120. The lowest BCUT2D eigenvalue weighted by Crippen LogP contribution is -2.30. The smallest absolute Gasteiger partial charge is 0.106 e. The largest absolute Gasteiger partial charge is 0.394 e. The number of hydrogen-bond acceptors (Lipinski definition) is 3. The minimum absolute atomic E-state index is 0.337. The zero-order valence-corrected chi connectivity index (χ0v) is 4.54. The Labute approximate surface area is 47.6 Å². The fraction of sp³-hybridized carbons (Fsp3) is 1.00. The third-order valence-corrected chi connectivity index (χ3v) is 1.56. The molecular weight excluding hydrogens is 108 g/mol. The maximum absolute atomic E-state index is 8.99. The number of hydrogen-bond donors (Lipinski definition) is 3. The van der Waals surface area contributed by atoms with Gasteiger partial charge in [-0.1, -0.05) is 0 Å². The summed E-state index contributed by atoms with van der Waals surface area (Å²) in [6, 6.07) is 0. The topological polar surface area (TPSA) is 60.7 Å². The van der Waals surface area contributed by atoms with E-state index in [0.29, 0.717) is 12.8 Å². The molecule has 1 atom stereocenters. The van der Waals surface area contributed by atoms with Crippen LogP contribution >= 0.6 is 0 Å². The van der Waals surface area contributed by atoms with E-state index in [9.17, 15) is 0 Å². The highest BCUT2D eigenvalue weighted by atomic mass is 16.4. The molecule has 3 heteroatoms. The van der Waals surface area contributed by atoms with Crippen molar-refractivity contribution in [2.45, 2.75) is 24.5 Å². The molecule has 0 amide bonds. The van der Waals surface area contributed by atoms with Crippen molar-refractivity contribution in [2.75, 3.05) is 6.61 Å². The molecule has 0 bridgehead atoms. The maximum Gasteiger partial charge on any atom is 0.106 e. The predicted octanol–water partition coefficient (Wildman–Crippen LogP) is -1.14. The second-order valence-corrected chi connectivity index (χ2v) is 2.30. The second kappa shape index (κ2) is 1.69. The summed E-state index contributed by atoms with van der Waals surface area (Å²) in [6.07, 6.45) is 0.311. The molecule has 0 radical (unpaired) electrons. The molecule has 8 heavy (non-hydrogen) atoms. The fourth-order valence-electron chi connectivity index (χ4n) is 0.631. The van der Waals surface area contributed by atoms with Crippen molar-refractivity contribution in [1.29, 1.82) is 0 Å². The monoisotopic (exact) mass is 118 g/mol. The highest BCUT2D eigenvalue weighted by molar-refractivity contribution is 4.99. The van der Waals surface area contributed by atoms with Gasteiger partial charge in [-0.2, -0.15) is 0 Å². The van der Waals surface area contributed by atoms with Crippen LogP contribution < -0.4 is 0 Å². The molecule has 1 aliphatic carbocycles. The van der Waals surface area contributed by atoms with Gasteiger partial charge in [0.15, 0.2) is 0 Å². The molecule has 3 nitrogen and oxygen atoms in total. The summed E-state index contributed by atoms with van der Waals surface area (Å²) in [7, 11) is 0. The van der Waals surface area contributed by atoms with Gasteiger partial charge in [-0.3, -0.25) is 0 Å². The summed E-state index contributed by atoms with van der Waals surface area (Å²) in [6.45, 7) is -0.337. The molecule has 0 saturated heterocycles. The first-order valence-corrected chi connectivity index (χ1v) is 2.70. The Morgan fingerprint density at radius 3 is 2.12 bits per heavy atom. The van der Waals surface area contributed by atoms with Gasteiger partial charge < -0.3 is 15.3 Å². The van der Waals surface area contributed by atoms with Crippen LogP contribution in [-0.2, 0) is 0 Å². The third kappa shape index (κ3) is 0.844. The molecule has 0 heterocycles. The lowest BCUT2D eigenvalue weighted by Gasteiger charge is -2.11. The van der Waals surface area contributed by atoms with Gasteiger partial charge in [-0.15, -0.1) is 0 Å². The quantitative estimate of drug-likeness (QED) is 0.429. The highest BCUT2D eigenvalue weighted by Gasteiger charge is 2.46. The summed E-state index contributed by atoms with van der Waals surface area (Å²) >= 11 is 0. The SMILES string of the molecule is OCC(O)C1(O)CC1. The van der Waals surface area contributed by atoms with Gasteiger partial charge in [-0.05, 0) is 12.8 Å². The van der Waals surface area contributed by atoms with Crippen molar-refractivity contribution in [3.63, 3.8) is 0 Å². The van der Waals surface area contributed by atoms with Gasteiger partial charge >= 0.3 is 0 Å². The van der Waals surface area contributed by atoms with Crippen LogP contribution in [0.5, 0.6) is 0 Å². The Morgan fingerprint density at radius 2 is 2.00 bits per heavy atom. The molecule has 0 aromatic rings. The van der Waals surface area contributed by atoms with Crippen molar-refractivity contribution in [3.05, 3.63) is 0 Å². The van der Waals surface area contributed by atoms with E-state index in [1.807, 2.05) is 0 Å². The van der Waals surface area contributed by atoms with Crippen LogP contribution in [0.15, 0.2) is 0 Å². The van der Waals surface area contributed by atoms with Crippen molar-refractivity contribution < 1.29 is 15.3 Å². The van der Waals surface area contributed by atoms with Crippen molar-refractivity contribution >= 4 is 0 Å². The molecule has 0 aliphatic heterocycles. The number of aliphatic hydroxyl groups is 3. The van der Waals surface area contributed by atoms with Crippen LogP contribution in [0.1, 0.15) is 12.8 Å². The van der Waals surface area contributed by atoms with Crippen LogP contribution in [0.3, 0.4) is 0 Å². The Bertz CT molecular complexity index is 87.7. The first kappa shape index (κ1) is 6.01. The van der Waals surface area contributed by atoms with Gasteiger partial charge in [0.2, 0.25) is 0 Å². The zero-order valence-electron chi connectivity index (χ0n) is 4.54. The van der Waals surface area contributed by atoms with E-state index in [4.69, 9.17) is 15.3 Å². The van der Waals surface area contributed by atoms with Crippen molar-refractivity contribution in [1.82, 2.24) is 0 Å². The number of aliphatic hydroxyl groups excluding tert-OH is 2. The second-order valence-electron chi connectivity index (χ2n) is 2.30. The van der Waals surface area contributed by atoms with Gasteiger partial charge in [0, 0.05) is 0 Å². The molecule has 0 aromatic carbocycles. The van der Waals surface area contributed by atoms with Crippen LogP contribution in [0.25, 0.3) is 0 Å². The molecule has 3 N–H and O–H groups in total. The minimum Gasteiger partial charge on any atom is -0.394 e. The molecule has 48 valence electrons. The molecule has 1 aliphatic rings. The van der Waals surface area contributed by atoms with Crippen molar-refractivity contribution in [3.8, 4) is 0 Å². The van der Waals surface area contributed by atoms with Crippen LogP contribution in [-0.4, -0.2) is 33.6 Å². The summed E-state index contributed by atoms with van der Waals surface area (Å²) in [5.74, 6) is 0. The highest BCUT2D eigenvalue weighted by Crippen LogP contribution is 2.37. The van der Waals surface area contributed by atoms with E-state index >= 15 is 0 Å². The van der Waals surface area contributed by atoms with Crippen LogP contribution in [0.4, 0.5) is 0 Å².